The molecule has 3 N–H and O–H groups in total. The van der Waals surface area contributed by atoms with E-state index in [-0.39, 0.29) is 12.5 Å². The third-order valence-electron chi connectivity index (χ3n) is 3.98. The van der Waals surface area contributed by atoms with Gasteiger partial charge in [0.2, 0.25) is 0 Å². The van der Waals surface area contributed by atoms with Gasteiger partial charge in [0, 0.05) is 30.9 Å². The van der Waals surface area contributed by atoms with Crippen molar-refractivity contribution in [3.8, 4) is 0 Å². The van der Waals surface area contributed by atoms with Crippen LogP contribution < -0.4 is 10.6 Å². The second-order valence-electron chi connectivity index (χ2n) is 5.99. The maximum Gasteiger partial charge on any atom is 0.191 e. The van der Waals surface area contributed by atoms with Crippen molar-refractivity contribution in [3.05, 3.63) is 65.5 Å². The minimum atomic E-state index is 0.0120. The van der Waals surface area contributed by atoms with Crippen LogP contribution in [-0.4, -0.2) is 42.3 Å². The molecule has 0 saturated heterocycles. The van der Waals surface area contributed by atoms with Gasteiger partial charge in [-0.15, -0.1) is 0 Å². The highest BCUT2D eigenvalue weighted by Gasteiger charge is 2.09. The Bertz CT molecular complexity index is 641. The number of aromatic nitrogens is 1. The number of nitrogens with one attached hydrogen (secondary N) is 2. The van der Waals surface area contributed by atoms with Crippen LogP contribution >= 0.6 is 0 Å². The highest BCUT2D eigenvalue weighted by molar-refractivity contribution is 5.79. The maximum atomic E-state index is 9.65. The van der Waals surface area contributed by atoms with Crippen molar-refractivity contribution in [3.63, 3.8) is 0 Å². The van der Waals surface area contributed by atoms with E-state index in [0.717, 1.165) is 36.7 Å². The van der Waals surface area contributed by atoms with Gasteiger partial charge in [-0.25, -0.2) is 0 Å². The molecule has 0 spiro atoms. The molecule has 1 atom stereocenters. The average Bonchev–Trinajstić information content (AvgIpc) is 2.64. The van der Waals surface area contributed by atoms with Crippen LogP contribution in [-0.2, 0) is 6.42 Å². The average molecular weight is 340 g/mol. The molecular formula is C20H28N4O. The Labute approximate surface area is 150 Å². The molecule has 0 amide bonds. The smallest absolute Gasteiger partial charge is 0.191 e. The Morgan fingerprint density at radius 1 is 1.16 bits per heavy atom. The molecule has 134 valence electrons. The lowest BCUT2D eigenvalue weighted by Gasteiger charge is -2.15. The zero-order valence-corrected chi connectivity index (χ0v) is 15.1. The predicted molar refractivity (Wildman–Crippen MR) is 103 cm³/mol. The summed E-state index contributed by atoms with van der Waals surface area (Å²) in [5, 5.41) is 16.2. The molecular weight excluding hydrogens is 312 g/mol. The molecule has 0 fully saturated rings. The van der Waals surface area contributed by atoms with Gasteiger partial charge in [0.1, 0.15) is 0 Å². The van der Waals surface area contributed by atoms with Gasteiger partial charge in [0.25, 0.3) is 0 Å². The van der Waals surface area contributed by atoms with E-state index in [1.165, 1.54) is 5.56 Å². The fourth-order valence-electron chi connectivity index (χ4n) is 2.51. The number of aryl methyl sites for hydroxylation is 1. The lowest BCUT2D eigenvalue weighted by atomic mass is 10.0. The van der Waals surface area contributed by atoms with E-state index >= 15 is 0 Å². The second kappa shape index (κ2) is 10.5. The van der Waals surface area contributed by atoms with Crippen LogP contribution in [0.5, 0.6) is 0 Å². The zero-order valence-electron chi connectivity index (χ0n) is 15.1. The number of aliphatic imine (C=N–C) groups is 1. The van der Waals surface area contributed by atoms with Crippen LogP contribution in [0.4, 0.5) is 0 Å². The Morgan fingerprint density at radius 3 is 2.60 bits per heavy atom. The summed E-state index contributed by atoms with van der Waals surface area (Å²) >= 11 is 0. The minimum absolute atomic E-state index is 0.0120. The fourth-order valence-corrected chi connectivity index (χ4v) is 2.51. The van der Waals surface area contributed by atoms with Crippen LogP contribution in [0.1, 0.15) is 29.7 Å². The number of rotatable bonds is 8. The van der Waals surface area contributed by atoms with E-state index in [2.05, 4.69) is 26.7 Å². The van der Waals surface area contributed by atoms with Gasteiger partial charge in [-0.1, -0.05) is 36.4 Å². The van der Waals surface area contributed by atoms with Crippen molar-refractivity contribution in [2.75, 3.05) is 26.2 Å². The standard InChI is InChI=1S/C20H28N4O/c1-3-21-20(22-12-11-17-10-9-16(2)23-13-17)24-14-19(15-25)18-7-5-4-6-8-18/h4-10,13,19,25H,3,11-12,14-15H2,1-2H3,(H2,21,22,24). The second-order valence-corrected chi connectivity index (χ2v) is 5.99. The lowest BCUT2D eigenvalue weighted by Crippen LogP contribution is -2.38. The van der Waals surface area contributed by atoms with E-state index in [4.69, 9.17) is 0 Å². The molecule has 2 rings (SSSR count). The zero-order chi connectivity index (χ0) is 17.9. The lowest BCUT2D eigenvalue weighted by molar-refractivity contribution is 0.268. The largest absolute Gasteiger partial charge is 0.396 e. The number of nitrogens with zero attached hydrogens (tertiary/aromatic N) is 2. The van der Waals surface area contributed by atoms with Crippen LogP contribution in [0, 0.1) is 6.92 Å². The molecule has 0 aliphatic carbocycles. The maximum absolute atomic E-state index is 9.65. The summed E-state index contributed by atoms with van der Waals surface area (Å²) in [6, 6.07) is 14.1. The quantitative estimate of drug-likeness (QED) is 0.509. The molecule has 0 radical (unpaired) electrons. The third kappa shape index (κ3) is 6.55. The van der Waals surface area contributed by atoms with Crippen molar-refractivity contribution in [1.29, 1.82) is 0 Å². The van der Waals surface area contributed by atoms with E-state index in [1.54, 1.807) is 0 Å². The molecule has 0 bridgehead atoms. The molecule has 0 aliphatic rings. The van der Waals surface area contributed by atoms with Gasteiger partial charge in [-0.05, 0) is 37.5 Å². The van der Waals surface area contributed by atoms with Gasteiger partial charge in [0.05, 0.1) is 13.2 Å². The SMILES string of the molecule is CCNC(=NCC(CO)c1ccccc1)NCCc1ccc(C)nc1. The Kier molecular flexibility index (Phi) is 7.92. The van der Waals surface area contributed by atoms with Gasteiger partial charge in [-0.3, -0.25) is 9.98 Å². The molecule has 1 aromatic heterocycles. The van der Waals surface area contributed by atoms with Crippen molar-refractivity contribution < 1.29 is 5.11 Å². The van der Waals surface area contributed by atoms with E-state index in [1.807, 2.05) is 56.4 Å². The number of aliphatic hydroxyl groups excluding tert-OH is 1. The first-order valence-electron chi connectivity index (χ1n) is 8.82. The summed E-state index contributed by atoms with van der Waals surface area (Å²) in [5.74, 6) is 0.787. The van der Waals surface area contributed by atoms with Crippen LogP contribution in [0.15, 0.2) is 53.7 Å². The molecule has 0 aliphatic heterocycles. The van der Waals surface area contributed by atoms with Gasteiger partial charge >= 0.3 is 0 Å². The molecule has 5 nitrogen and oxygen atoms in total. The van der Waals surface area contributed by atoms with Gasteiger partial charge < -0.3 is 15.7 Å². The molecule has 5 heteroatoms. The molecule has 2 aromatic rings. The van der Waals surface area contributed by atoms with E-state index in [0.29, 0.717) is 6.54 Å². The summed E-state index contributed by atoms with van der Waals surface area (Å²) in [4.78, 5) is 8.94. The van der Waals surface area contributed by atoms with Crippen LogP contribution in [0.3, 0.4) is 0 Å². The summed E-state index contributed by atoms with van der Waals surface area (Å²) in [5.41, 5.74) is 3.34. The monoisotopic (exact) mass is 340 g/mol. The minimum Gasteiger partial charge on any atom is -0.396 e. The van der Waals surface area contributed by atoms with E-state index < -0.39 is 0 Å². The number of hydrogen-bond donors (Lipinski definition) is 3. The molecule has 1 aromatic carbocycles. The topological polar surface area (TPSA) is 69.5 Å². The number of guanidine groups is 1. The van der Waals surface area contributed by atoms with E-state index in [9.17, 15) is 5.11 Å². The third-order valence-corrected chi connectivity index (χ3v) is 3.98. The fraction of sp³-hybridized carbons (Fsp3) is 0.400. The Morgan fingerprint density at radius 2 is 1.96 bits per heavy atom. The Hall–Kier alpha value is -2.40. The first-order valence-corrected chi connectivity index (χ1v) is 8.82. The van der Waals surface area contributed by atoms with Gasteiger partial charge in [0.15, 0.2) is 5.96 Å². The number of hydrogen-bond acceptors (Lipinski definition) is 3. The van der Waals surface area contributed by atoms with Crippen molar-refractivity contribution in [1.82, 2.24) is 15.6 Å². The summed E-state index contributed by atoms with van der Waals surface area (Å²) < 4.78 is 0. The van der Waals surface area contributed by atoms with Crippen LogP contribution in [0.25, 0.3) is 0 Å². The molecule has 1 heterocycles. The van der Waals surface area contributed by atoms with Crippen molar-refractivity contribution in [2.24, 2.45) is 4.99 Å². The molecule has 0 saturated carbocycles. The predicted octanol–water partition coefficient (Wildman–Crippen LogP) is 2.26. The normalized spacial score (nSPS) is 12.7. The number of pyridine rings is 1. The molecule has 25 heavy (non-hydrogen) atoms. The van der Waals surface area contributed by atoms with Crippen molar-refractivity contribution in [2.45, 2.75) is 26.2 Å². The number of aliphatic hydroxyl groups is 1. The number of benzene rings is 1. The van der Waals surface area contributed by atoms with Crippen LogP contribution in [0.2, 0.25) is 0 Å². The summed E-state index contributed by atoms with van der Waals surface area (Å²) in [6.45, 7) is 6.24. The molecule has 1 unspecified atom stereocenters. The Balaban J connectivity index is 1.89. The first-order chi connectivity index (χ1) is 12.2. The summed E-state index contributed by atoms with van der Waals surface area (Å²) in [7, 11) is 0. The highest BCUT2D eigenvalue weighted by atomic mass is 16.3. The summed E-state index contributed by atoms with van der Waals surface area (Å²) in [6.07, 6.45) is 2.80. The van der Waals surface area contributed by atoms with Gasteiger partial charge in [-0.2, -0.15) is 0 Å². The highest BCUT2D eigenvalue weighted by Crippen LogP contribution is 2.14. The first kappa shape index (κ1) is 18.9. The van der Waals surface area contributed by atoms with Crippen molar-refractivity contribution >= 4 is 5.96 Å².